The van der Waals surface area contributed by atoms with Gasteiger partial charge < -0.3 is 10.4 Å². The van der Waals surface area contributed by atoms with Gasteiger partial charge in [0.05, 0.1) is 10.0 Å². The second kappa shape index (κ2) is 10.9. The van der Waals surface area contributed by atoms with Crippen LogP contribution < -0.4 is 5.32 Å². The number of carbonyl (C=O) groups is 2. The first-order valence-electron chi connectivity index (χ1n) is 9.89. The molecule has 1 amide bonds. The fourth-order valence-corrected chi connectivity index (χ4v) is 4.96. The Balaban J connectivity index is 1.63. The summed E-state index contributed by atoms with van der Waals surface area (Å²) in [5, 5.41) is 13.1. The van der Waals surface area contributed by atoms with E-state index in [0.29, 0.717) is 27.9 Å². The molecule has 4 nitrogen and oxygen atoms in total. The van der Waals surface area contributed by atoms with Gasteiger partial charge in [-0.15, -0.1) is 0 Å². The Morgan fingerprint density at radius 3 is 2.30 bits per heavy atom. The Morgan fingerprint density at radius 1 is 1.07 bits per heavy atom. The number of carboxylic acid groups (broad SMARTS) is 1. The van der Waals surface area contributed by atoms with Crippen molar-refractivity contribution in [2.45, 2.75) is 48.3 Å². The van der Waals surface area contributed by atoms with Crippen LogP contribution in [-0.2, 0) is 9.59 Å². The van der Waals surface area contributed by atoms with Gasteiger partial charge in [-0.2, -0.15) is 0 Å². The summed E-state index contributed by atoms with van der Waals surface area (Å²) >= 11 is 13.9. The number of hydrogen-bond donors (Lipinski definition) is 2. The lowest BCUT2D eigenvalue weighted by molar-refractivity contribution is -0.134. The van der Waals surface area contributed by atoms with Crippen LogP contribution in [-0.4, -0.2) is 17.0 Å². The molecule has 0 saturated heterocycles. The number of nitrogens with one attached hydrogen (secondary N) is 1. The number of carbonyl (C=O) groups excluding carboxylic acids is 1. The molecule has 0 heterocycles. The van der Waals surface area contributed by atoms with Crippen LogP contribution in [0.4, 0.5) is 0 Å². The SMILES string of the molecule is O=C(CCC1CCCC1)N/C(=C\c1ccc(Sc2c(Cl)cccc2Cl)cc1)C(=O)O. The standard InChI is InChI=1S/C23H23Cl2NO3S/c24-18-6-3-7-19(25)22(18)30-17-11-8-16(9-12-17)14-20(23(28)29)26-21(27)13-10-15-4-1-2-5-15/h3,6-9,11-12,14-15H,1-2,4-5,10,13H2,(H,26,27)(H,28,29)/b20-14-. The first-order valence-corrected chi connectivity index (χ1v) is 11.5. The van der Waals surface area contributed by atoms with Gasteiger partial charge in [-0.05, 0) is 48.2 Å². The molecular weight excluding hydrogens is 441 g/mol. The van der Waals surface area contributed by atoms with Crippen molar-refractivity contribution in [1.82, 2.24) is 5.32 Å². The van der Waals surface area contributed by atoms with Crippen LogP contribution in [0.3, 0.4) is 0 Å². The quantitative estimate of drug-likeness (QED) is 0.429. The highest BCUT2D eigenvalue weighted by atomic mass is 35.5. The van der Waals surface area contributed by atoms with E-state index in [9.17, 15) is 14.7 Å². The average molecular weight is 464 g/mol. The Morgan fingerprint density at radius 2 is 1.70 bits per heavy atom. The highest BCUT2D eigenvalue weighted by Crippen LogP contribution is 2.38. The molecule has 1 aliphatic rings. The first kappa shape index (κ1) is 22.7. The van der Waals surface area contributed by atoms with Gasteiger partial charge >= 0.3 is 5.97 Å². The molecule has 1 aliphatic carbocycles. The Labute approximate surface area is 190 Å². The zero-order chi connectivity index (χ0) is 21.5. The zero-order valence-corrected chi connectivity index (χ0v) is 18.7. The van der Waals surface area contributed by atoms with Crippen LogP contribution in [0.25, 0.3) is 6.08 Å². The van der Waals surface area contributed by atoms with Crippen molar-refractivity contribution >= 4 is 52.9 Å². The van der Waals surface area contributed by atoms with Crippen LogP contribution in [0.15, 0.2) is 58.0 Å². The summed E-state index contributed by atoms with van der Waals surface area (Å²) in [5.74, 6) is -0.828. The number of carboxylic acids is 1. The molecule has 2 aromatic carbocycles. The Kier molecular flexibility index (Phi) is 8.25. The van der Waals surface area contributed by atoms with Gasteiger partial charge in [0.15, 0.2) is 0 Å². The molecule has 0 bridgehead atoms. The maximum absolute atomic E-state index is 12.2. The summed E-state index contributed by atoms with van der Waals surface area (Å²) in [6.45, 7) is 0. The zero-order valence-electron chi connectivity index (χ0n) is 16.4. The molecule has 0 atom stereocenters. The van der Waals surface area contributed by atoms with Crippen LogP contribution in [0.5, 0.6) is 0 Å². The van der Waals surface area contributed by atoms with Gasteiger partial charge in [0.25, 0.3) is 0 Å². The van der Waals surface area contributed by atoms with Gasteiger partial charge in [0, 0.05) is 16.2 Å². The monoisotopic (exact) mass is 463 g/mol. The molecule has 7 heteroatoms. The third-order valence-corrected chi connectivity index (χ3v) is 7.09. The molecule has 0 unspecified atom stereocenters. The molecule has 0 radical (unpaired) electrons. The summed E-state index contributed by atoms with van der Waals surface area (Å²) in [6, 6.07) is 12.7. The van der Waals surface area contributed by atoms with Crippen molar-refractivity contribution in [2.75, 3.05) is 0 Å². The largest absolute Gasteiger partial charge is 0.477 e. The third-order valence-electron chi connectivity index (χ3n) is 5.09. The molecule has 0 aliphatic heterocycles. The fraction of sp³-hybridized carbons (Fsp3) is 0.304. The maximum atomic E-state index is 12.2. The van der Waals surface area contributed by atoms with Crippen molar-refractivity contribution in [3.05, 3.63) is 63.8 Å². The maximum Gasteiger partial charge on any atom is 0.352 e. The van der Waals surface area contributed by atoms with E-state index >= 15 is 0 Å². The fourth-order valence-electron chi connectivity index (χ4n) is 3.49. The number of rotatable bonds is 8. The lowest BCUT2D eigenvalue weighted by Gasteiger charge is -2.10. The Hall–Kier alpha value is -1.95. The molecular formula is C23H23Cl2NO3S. The van der Waals surface area contributed by atoms with Crippen LogP contribution >= 0.6 is 35.0 Å². The summed E-state index contributed by atoms with van der Waals surface area (Å²) in [6.07, 6.45) is 7.41. The average Bonchev–Trinajstić information content (AvgIpc) is 3.23. The predicted octanol–water partition coefficient (Wildman–Crippen LogP) is 6.66. The minimum Gasteiger partial charge on any atom is -0.477 e. The normalized spacial score (nSPS) is 14.7. The van der Waals surface area contributed by atoms with E-state index in [0.717, 1.165) is 16.2 Å². The minimum atomic E-state index is -1.16. The molecule has 30 heavy (non-hydrogen) atoms. The van der Waals surface area contributed by atoms with Gasteiger partial charge in [0.2, 0.25) is 5.91 Å². The first-order chi connectivity index (χ1) is 14.4. The van der Waals surface area contributed by atoms with Crippen LogP contribution in [0.1, 0.15) is 44.1 Å². The number of hydrogen-bond acceptors (Lipinski definition) is 3. The van der Waals surface area contributed by atoms with E-state index in [4.69, 9.17) is 23.2 Å². The molecule has 0 aromatic heterocycles. The molecule has 2 N–H and O–H groups in total. The van der Waals surface area contributed by atoms with E-state index in [1.54, 1.807) is 30.3 Å². The van der Waals surface area contributed by atoms with Crippen LogP contribution in [0.2, 0.25) is 10.0 Å². The van der Waals surface area contributed by atoms with Crippen molar-refractivity contribution in [3.8, 4) is 0 Å². The van der Waals surface area contributed by atoms with Crippen LogP contribution in [0, 0.1) is 5.92 Å². The van der Waals surface area contributed by atoms with E-state index in [-0.39, 0.29) is 11.6 Å². The van der Waals surface area contributed by atoms with Crippen molar-refractivity contribution in [2.24, 2.45) is 5.92 Å². The van der Waals surface area contributed by atoms with Crippen molar-refractivity contribution < 1.29 is 14.7 Å². The predicted molar refractivity (Wildman–Crippen MR) is 122 cm³/mol. The van der Waals surface area contributed by atoms with E-state index in [1.807, 2.05) is 12.1 Å². The number of aliphatic carboxylic acids is 1. The molecule has 1 fully saturated rings. The minimum absolute atomic E-state index is 0.124. The molecule has 158 valence electrons. The highest BCUT2D eigenvalue weighted by Gasteiger charge is 2.18. The molecule has 1 saturated carbocycles. The topological polar surface area (TPSA) is 66.4 Å². The number of halogens is 2. The van der Waals surface area contributed by atoms with Crippen molar-refractivity contribution in [3.63, 3.8) is 0 Å². The summed E-state index contributed by atoms with van der Waals surface area (Å²) < 4.78 is 0. The highest BCUT2D eigenvalue weighted by molar-refractivity contribution is 7.99. The lowest BCUT2D eigenvalue weighted by atomic mass is 10.0. The molecule has 2 aromatic rings. The van der Waals surface area contributed by atoms with Gasteiger partial charge in [0.1, 0.15) is 5.70 Å². The van der Waals surface area contributed by atoms with E-state index in [2.05, 4.69) is 5.32 Å². The number of amides is 1. The van der Waals surface area contributed by atoms with Crippen molar-refractivity contribution in [1.29, 1.82) is 0 Å². The van der Waals surface area contributed by atoms with Gasteiger partial charge in [-0.1, -0.05) is 78.8 Å². The lowest BCUT2D eigenvalue weighted by Crippen LogP contribution is -2.27. The van der Waals surface area contributed by atoms with Gasteiger partial charge in [-0.25, -0.2) is 4.79 Å². The second-order valence-corrected chi connectivity index (χ2v) is 9.22. The van der Waals surface area contributed by atoms with E-state index < -0.39 is 5.97 Å². The van der Waals surface area contributed by atoms with E-state index in [1.165, 1.54) is 43.5 Å². The number of benzene rings is 2. The summed E-state index contributed by atoms with van der Waals surface area (Å²) in [4.78, 5) is 25.4. The third kappa shape index (κ3) is 6.53. The van der Waals surface area contributed by atoms with Gasteiger partial charge in [-0.3, -0.25) is 4.79 Å². The second-order valence-electron chi connectivity index (χ2n) is 7.32. The smallest absolute Gasteiger partial charge is 0.352 e. The Bertz CT molecular complexity index is 918. The molecule has 3 rings (SSSR count). The summed E-state index contributed by atoms with van der Waals surface area (Å²) in [7, 11) is 0. The molecule has 0 spiro atoms. The summed E-state index contributed by atoms with van der Waals surface area (Å²) in [5.41, 5.74) is 0.555.